The molecular formula is C37H42N6O3. The highest BCUT2D eigenvalue weighted by Crippen LogP contribution is 2.32. The molecule has 3 amide bonds. The van der Waals surface area contributed by atoms with Gasteiger partial charge in [0.2, 0.25) is 17.8 Å². The summed E-state index contributed by atoms with van der Waals surface area (Å²) in [5.41, 5.74) is 4.90. The van der Waals surface area contributed by atoms with Gasteiger partial charge >= 0.3 is 0 Å². The molecule has 2 aromatic heterocycles. The highest BCUT2D eigenvalue weighted by atomic mass is 16.2. The number of likely N-dealkylation sites (tertiary alicyclic amines) is 2. The molecule has 9 nitrogen and oxygen atoms in total. The van der Waals surface area contributed by atoms with E-state index in [2.05, 4.69) is 15.4 Å². The zero-order chi connectivity index (χ0) is 31.5. The molecule has 0 bridgehead atoms. The van der Waals surface area contributed by atoms with Crippen molar-refractivity contribution >= 4 is 29.3 Å². The summed E-state index contributed by atoms with van der Waals surface area (Å²) >= 11 is 0. The van der Waals surface area contributed by atoms with Crippen molar-refractivity contribution in [3.8, 4) is 11.3 Å². The highest BCUT2D eigenvalue weighted by molar-refractivity contribution is 5.95. The first-order valence-electron chi connectivity index (χ1n) is 17.0. The summed E-state index contributed by atoms with van der Waals surface area (Å²) in [7, 11) is 0. The Labute approximate surface area is 270 Å². The van der Waals surface area contributed by atoms with E-state index in [1.165, 1.54) is 12.8 Å². The van der Waals surface area contributed by atoms with E-state index in [4.69, 9.17) is 0 Å². The van der Waals surface area contributed by atoms with Crippen LogP contribution in [0.4, 0.5) is 5.95 Å². The summed E-state index contributed by atoms with van der Waals surface area (Å²) in [5, 5.41) is 7.43. The van der Waals surface area contributed by atoms with Crippen LogP contribution >= 0.6 is 0 Å². The molecule has 4 heterocycles. The minimum Gasteiger partial charge on any atom is -0.342 e. The van der Waals surface area contributed by atoms with Gasteiger partial charge in [0.25, 0.3) is 5.91 Å². The maximum absolute atomic E-state index is 14.2. The Morgan fingerprint density at radius 1 is 0.696 bits per heavy atom. The number of carbonyl (C=O) groups is 3. The summed E-state index contributed by atoms with van der Waals surface area (Å²) in [5.74, 6) is 0.0602. The van der Waals surface area contributed by atoms with Crippen LogP contribution in [0.3, 0.4) is 0 Å². The van der Waals surface area contributed by atoms with Gasteiger partial charge in [0.1, 0.15) is 0 Å². The Balaban J connectivity index is 1.17. The Hall–Kier alpha value is -4.53. The van der Waals surface area contributed by atoms with E-state index in [9.17, 15) is 14.4 Å². The summed E-state index contributed by atoms with van der Waals surface area (Å²) in [6, 6.07) is 21.6. The van der Waals surface area contributed by atoms with Crippen LogP contribution < -0.4 is 5.32 Å². The third-order valence-corrected chi connectivity index (χ3v) is 9.63. The average Bonchev–Trinajstić information content (AvgIpc) is 3.92. The van der Waals surface area contributed by atoms with Gasteiger partial charge < -0.3 is 9.80 Å². The molecule has 9 heteroatoms. The van der Waals surface area contributed by atoms with Crippen LogP contribution in [0.15, 0.2) is 66.7 Å². The lowest BCUT2D eigenvalue weighted by molar-refractivity contribution is -0.131. The normalized spacial score (nSPS) is 18.1. The molecule has 1 saturated carbocycles. The standard InChI is InChI=1S/C37H42N6O3/c44-34(29-18-19-29)39-37-38-32-11-9-10-31(43(32)40-37)26-12-14-27(15-13-26)33(36(46)42-24-7-3-4-8-25-42)28-16-20-30(21-17-28)35(45)41-22-5-1-2-6-23-41/h9-17,20-21,29,33H,1-8,18-19,22-25H2,(H,39,40,44). The molecule has 2 aromatic carbocycles. The third kappa shape index (κ3) is 6.55. The maximum Gasteiger partial charge on any atom is 0.253 e. The zero-order valence-corrected chi connectivity index (χ0v) is 26.4. The summed E-state index contributed by atoms with van der Waals surface area (Å²) in [6.07, 6.45) is 10.6. The molecule has 3 fully saturated rings. The van der Waals surface area contributed by atoms with E-state index < -0.39 is 5.92 Å². The Morgan fingerprint density at radius 2 is 1.28 bits per heavy atom. The molecule has 46 heavy (non-hydrogen) atoms. The predicted molar refractivity (Wildman–Crippen MR) is 177 cm³/mol. The van der Waals surface area contributed by atoms with Crippen molar-refractivity contribution in [2.45, 2.75) is 70.1 Å². The predicted octanol–water partition coefficient (Wildman–Crippen LogP) is 6.30. The van der Waals surface area contributed by atoms with Crippen LogP contribution in [0.1, 0.15) is 91.6 Å². The monoisotopic (exact) mass is 618 g/mol. The molecular weight excluding hydrogens is 576 g/mol. The molecule has 1 atom stereocenters. The quantitative estimate of drug-likeness (QED) is 0.262. The first-order valence-corrected chi connectivity index (χ1v) is 17.0. The molecule has 3 aliphatic rings. The first kappa shape index (κ1) is 30.1. The molecule has 7 rings (SSSR count). The number of amides is 3. The van der Waals surface area contributed by atoms with Gasteiger partial charge in [0, 0.05) is 43.2 Å². The molecule has 2 aliphatic heterocycles. The van der Waals surface area contributed by atoms with Crippen molar-refractivity contribution < 1.29 is 14.4 Å². The SMILES string of the molecule is O=C(Nc1nc2cccc(-c3ccc(C(C(=O)N4CCCCCC4)c4ccc(C(=O)N5CCCCCC5)cc4)cc3)n2n1)C1CC1. The lowest BCUT2D eigenvalue weighted by Crippen LogP contribution is -2.36. The fourth-order valence-corrected chi connectivity index (χ4v) is 6.81. The average molecular weight is 619 g/mol. The first-order chi connectivity index (χ1) is 22.5. The van der Waals surface area contributed by atoms with E-state index >= 15 is 0 Å². The van der Waals surface area contributed by atoms with Crippen molar-refractivity contribution in [1.29, 1.82) is 0 Å². The molecule has 0 spiro atoms. The van der Waals surface area contributed by atoms with Gasteiger partial charge in [-0.1, -0.05) is 68.1 Å². The summed E-state index contributed by atoms with van der Waals surface area (Å²) in [4.78, 5) is 48.3. The molecule has 4 aromatic rings. The Bertz CT molecular complexity index is 1690. The van der Waals surface area contributed by atoms with Crippen molar-refractivity contribution in [2.24, 2.45) is 5.92 Å². The number of fused-ring (bicyclic) bond motifs is 1. The molecule has 1 aliphatic carbocycles. The van der Waals surface area contributed by atoms with Crippen molar-refractivity contribution in [3.63, 3.8) is 0 Å². The van der Waals surface area contributed by atoms with E-state index in [0.717, 1.165) is 99.9 Å². The largest absolute Gasteiger partial charge is 0.342 e. The topological polar surface area (TPSA) is 99.9 Å². The second kappa shape index (κ2) is 13.4. The van der Waals surface area contributed by atoms with Crippen molar-refractivity contribution in [1.82, 2.24) is 24.4 Å². The second-order valence-electron chi connectivity index (χ2n) is 13.0. The lowest BCUT2D eigenvalue weighted by atomic mass is 9.88. The van der Waals surface area contributed by atoms with Crippen molar-refractivity contribution in [2.75, 3.05) is 31.5 Å². The van der Waals surface area contributed by atoms with Gasteiger partial charge in [-0.3, -0.25) is 19.7 Å². The summed E-state index contributed by atoms with van der Waals surface area (Å²) in [6.45, 7) is 3.16. The number of anilines is 1. The van der Waals surface area contributed by atoms with Gasteiger partial charge in [-0.2, -0.15) is 4.98 Å². The lowest BCUT2D eigenvalue weighted by Gasteiger charge is -2.27. The number of hydrogen-bond acceptors (Lipinski definition) is 5. The van der Waals surface area contributed by atoms with Crippen molar-refractivity contribution in [3.05, 3.63) is 83.4 Å². The molecule has 1 unspecified atom stereocenters. The number of nitrogens with one attached hydrogen (secondary N) is 1. The number of nitrogens with zero attached hydrogens (tertiary/aromatic N) is 5. The number of hydrogen-bond donors (Lipinski definition) is 1. The van der Waals surface area contributed by atoms with Crippen LogP contribution in [-0.4, -0.2) is 68.3 Å². The number of carbonyl (C=O) groups excluding carboxylic acids is 3. The van der Waals surface area contributed by atoms with Gasteiger partial charge in [0.05, 0.1) is 11.6 Å². The van der Waals surface area contributed by atoms with Crippen LogP contribution in [0, 0.1) is 5.92 Å². The minimum atomic E-state index is -0.471. The van der Waals surface area contributed by atoms with Gasteiger partial charge in [0.15, 0.2) is 5.65 Å². The molecule has 238 valence electrons. The van der Waals surface area contributed by atoms with Crippen LogP contribution in [0.2, 0.25) is 0 Å². The van der Waals surface area contributed by atoms with Gasteiger partial charge in [-0.05, 0) is 73.9 Å². The van der Waals surface area contributed by atoms with Crippen LogP contribution in [0.5, 0.6) is 0 Å². The van der Waals surface area contributed by atoms with Crippen LogP contribution in [0.25, 0.3) is 16.9 Å². The fourth-order valence-electron chi connectivity index (χ4n) is 6.81. The van der Waals surface area contributed by atoms with Gasteiger partial charge in [-0.15, -0.1) is 5.10 Å². The van der Waals surface area contributed by atoms with Gasteiger partial charge in [-0.25, -0.2) is 4.52 Å². The summed E-state index contributed by atoms with van der Waals surface area (Å²) < 4.78 is 1.75. The van der Waals surface area contributed by atoms with E-state index in [0.29, 0.717) is 17.2 Å². The van der Waals surface area contributed by atoms with E-state index in [-0.39, 0.29) is 23.6 Å². The van der Waals surface area contributed by atoms with Crippen LogP contribution in [-0.2, 0) is 9.59 Å². The molecule has 0 radical (unpaired) electrons. The van der Waals surface area contributed by atoms with E-state index in [1.54, 1.807) is 4.52 Å². The second-order valence-corrected chi connectivity index (χ2v) is 13.0. The minimum absolute atomic E-state index is 0.0266. The molecule has 1 N–H and O–H groups in total. The number of pyridine rings is 1. The Kier molecular flexibility index (Phi) is 8.81. The smallest absolute Gasteiger partial charge is 0.253 e. The number of aromatic nitrogens is 3. The Morgan fingerprint density at radius 3 is 1.89 bits per heavy atom. The third-order valence-electron chi connectivity index (χ3n) is 9.63. The number of benzene rings is 2. The molecule has 2 saturated heterocycles. The maximum atomic E-state index is 14.2. The highest BCUT2D eigenvalue weighted by Gasteiger charge is 2.31. The number of rotatable bonds is 7. The van der Waals surface area contributed by atoms with E-state index in [1.807, 2.05) is 76.5 Å². The fraction of sp³-hybridized carbons (Fsp3) is 0.432. The zero-order valence-electron chi connectivity index (χ0n) is 26.4.